The Morgan fingerprint density at radius 1 is 1.15 bits per heavy atom. The van der Waals surface area contributed by atoms with E-state index in [-0.39, 0.29) is 17.9 Å². The Bertz CT molecular complexity index is 1220. The number of furan rings is 1. The molecule has 1 amide bonds. The van der Waals surface area contributed by atoms with Gasteiger partial charge >= 0.3 is 0 Å². The van der Waals surface area contributed by atoms with Crippen molar-refractivity contribution in [2.45, 2.75) is 12.6 Å². The zero-order valence-corrected chi connectivity index (χ0v) is 19.2. The number of amides is 1. The van der Waals surface area contributed by atoms with Gasteiger partial charge in [-0.15, -0.1) is 0 Å². The van der Waals surface area contributed by atoms with Gasteiger partial charge in [-0.1, -0.05) is 23.7 Å². The van der Waals surface area contributed by atoms with E-state index >= 15 is 0 Å². The Kier molecular flexibility index (Phi) is 6.16. The minimum Gasteiger partial charge on any atom is -0.507 e. The summed E-state index contributed by atoms with van der Waals surface area (Å²) in [5.41, 5.74) is 1.97. The molecule has 1 aliphatic heterocycles. The number of aliphatic hydroxyl groups excluding tert-OH is 1. The van der Waals surface area contributed by atoms with Gasteiger partial charge in [-0.25, -0.2) is 0 Å². The Balaban J connectivity index is 1.86. The minimum absolute atomic E-state index is 0.00599. The van der Waals surface area contributed by atoms with E-state index < -0.39 is 17.7 Å². The second kappa shape index (κ2) is 9.03. The maximum absolute atomic E-state index is 13.1. The van der Waals surface area contributed by atoms with Crippen LogP contribution in [0.3, 0.4) is 0 Å². The van der Waals surface area contributed by atoms with Crippen LogP contribution in [-0.2, 0) is 16.1 Å². The van der Waals surface area contributed by atoms with Gasteiger partial charge in [0.25, 0.3) is 11.7 Å². The first-order valence-corrected chi connectivity index (χ1v) is 10.6. The monoisotopic (exact) mass is 466 g/mol. The minimum atomic E-state index is -0.798. The third-order valence-electron chi connectivity index (χ3n) is 5.60. The Morgan fingerprint density at radius 3 is 2.48 bits per heavy atom. The number of carbonyl (C=O) groups excluding carboxylic acids is 2. The number of rotatable bonds is 6. The van der Waals surface area contributed by atoms with Gasteiger partial charge in [0, 0.05) is 25.3 Å². The molecule has 0 aliphatic carbocycles. The predicted octanol–water partition coefficient (Wildman–Crippen LogP) is 4.63. The molecular formula is C25H23ClN2O5. The molecule has 1 unspecified atom stereocenters. The van der Waals surface area contributed by atoms with Crippen LogP contribution in [0.5, 0.6) is 5.75 Å². The fourth-order valence-corrected chi connectivity index (χ4v) is 4.07. The zero-order chi connectivity index (χ0) is 23.7. The summed E-state index contributed by atoms with van der Waals surface area (Å²) < 4.78 is 10.7. The molecule has 33 heavy (non-hydrogen) atoms. The summed E-state index contributed by atoms with van der Waals surface area (Å²) in [6.45, 7) is 0.0817. The number of Topliss-reactive ketones (excluding diaryl/α,β-unsaturated/α-hetero) is 1. The summed E-state index contributed by atoms with van der Waals surface area (Å²) in [5, 5.41) is 11.6. The van der Waals surface area contributed by atoms with Crippen molar-refractivity contribution in [2.24, 2.45) is 0 Å². The van der Waals surface area contributed by atoms with E-state index in [1.807, 2.05) is 43.3 Å². The fraction of sp³-hybridized carbons (Fsp3) is 0.200. The number of carbonyl (C=O) groups is 2. The average Bonchev–Trinajstić information content (AvgIpc) is 3.41. The van der Waals surface area contributed by atoms with Crippen molar-refractivity contribution in [3.63, 3.8) is 0 Å². The molecule has 2 aromatic carbocycles. The molecule has 4 rings (SSSR count). The number of halogens is 1. The summed E-state index contributed by atoms with van der Waals surface area (Å²) in [4.78, 5) is 29.5. The number of hydrogen-bond acceptors (Lipinski definition) is 6. The number of aliphatic hydroxyl groups is 1. The van der Waals surface area contributed by atoms with Gasteiger partial charge in [-0.2, -0.15) is 0 Å². The molecule has 3 aromatic rings. The largest absolute Gasteiger partial charge is 0.507 e. The topological polar surface area (TPSA) is 83.2 Å². The van der Waals surface area contributed by atoms with E-state index in [2.05, 4.69) is 0 Å². The van der Waals surface area contributed by atoms with E-state index in [1.165, 1.54) is 24.3 Å². The van der Waals surface area contributed by atoms with Crippen molar-refractivity contribution in [1.82, 2.24) is 4.90 Å². The van der Waals surface area contributed by atoms with E-state index in [0.29, 0.717) is 27.7 Å². The van der Waals surface area contributed by atoms with Gasteiger partial charge in [0.2, 0.25) is 0 Å². The van der Waals surface area contributed by atoms with Crippen molar-refractivity contribution < 1.29 is 23.8 Å². The normalized spacial score (nSPS) is 17.5. The van der Waals surface area contributed by atoms with Gasteiger partial charge < -0.3 is 24.1 Å². The lowest BCUT2D eigenvalue weighted by atomic mass is 9.95. The van der Waals surface area contributed by atoms with Gasteiger partial charge in [0.15, 0.2) is 0 Å². The summed E-state index contributed by atoms with van der Waals surface area (Å²) in [6, 6.07) is 14.8. The van der Waals surface area contributed by atoms with Crippen LogP contribution in [0.4, 0.5) is 5.69 Å². The molecule has 1 aromatic heterocycles. The molecule has 0 radical (unpaired) electrons. The van der Waals surface area contributed by atoms with Crippen molar-refractivity contribution in [1.29, 1.82) is 0 Å². The van der Waals surface area contributed by atoms with E-state index in [0.717, 1.165) is 5.69 Å². The highest BCUT2D eigenvalue weighted by Gasteiger charge is 2.46. The third kappa shape index (κ3) is 4.19. The molecule has 1 atom stereocenters. The highest BCUT2D eigenvalue weighted by Crippen LogP contribution is 2.41. The van der Waals surface area contributed by atoms with Crippen molar-refractivity contribution in [3.05, 3.63) is 88.3 Å². The molecule has 1 aliphatic rings. The number of nitrogens with zero attached hydrogens (tertiary/aromatic N) is 2. The van der Waals surface area contributed by atoms with Crippen LogP contribution in [0.25, 0.3) is 5.76 Å². The average molecular weight is 467 g/mol. The standard InChI is InChI=1S/C25H23ClN2O5/c1-27(2)17-9-6-15(7-10-17)22-21(23(29)16-8-11-19(26)20(13-16)32-3)24(30)25(31)28(22)14-18-5-4-12-33-18/h4-13,22,29H,14H2,1-3H3/b23-21-. The second-order valence-corrected chi connectivity index (χ2v) is 8.25. The summed E-state index contributed by atoms with van der Waals surface area (Å²) in [6.07, 6.45) is 1.51. The maximum Gasteiger partial charge on any atom is 0.296 e. The van der Waals surface area contributed by atoms with Crippen LogP contribution in [-0.4, -0.2) is 42.9 Å². The molecule has 2 heterocycles. The quantitative estimate of drug-likeness (QED) is 0.324. The number of hydrogen-bond donors (Lipinski definition) is 1. The molecule has 170 valence electrons. The number of ether oxygens (including phenoxy) is 1. The Labute approximate surface area is 196 Å². The first kappa shape index (κ1) is 22.5. The van der Waals surface area contributed by atoms with Gasteiger partial charge in [-0.05, 0) is 48.0 Å². The molecule has 8 heteroatoms. The molecule has 0 bridgehead atoms. The number of likely N-dealkylation sites (tertiary alicyclic amines) is 1. The summed E-state index contributed by atoms with van der Waals surface area (Å²) in [5.74, 6) is -0.908. The van der Waals surface area contributed by atoms with Gasteiger partial charge in [-0.3, -0.25) is 9.59 Å². The fourth-order valence-electron chi connectivity index (χ4n) is 3.88. The zero-order valence-electron chi connectivity index (χ0n) is 18.4. The highest BCUT2D eigenvalue weighted by molar-refractivity contribution is 6.46. The number of ketones is 1. The van der Waals surface area contributed by atoms with Gasteiger partial charge in [0.05, 0.1) is 36.6 Å². The van der Waals surface area contributed by atoms with Crippen molar-refractivity contribution >= 4 is 34.7 Å². The molecule has 1 N–H and O–H groups in total. The summed E-state index contributed by atoms with van der Waals surface area (Å²) >= 11 is 6.11. The Hall–Kier alpha value is -3.71. The number of anilines is 1. The lowest BCUT2D eigenvalue weighted by molar-refractivity contribution is -0.140. The van der Waals surface area contributed by atoms with Gasteiger partial charge in [0.1, 0.15) is 17.3 Å². The lowest BCUT2D eigenvalue weighted by Crippen LogP contribution is -2.29. The molecule has 0 spiro atoms. The molecule has 1 fully saturated rings. The van der Waals surface area contributed by atoms with Crippen LogP contribution in [0, 0.1) is 0 Å². The molecular weight excluding hydrogens is 444 g/mol. The van der Waals surface area contributed by atoms with E-state index in [4.69, 9.17) is 20.8 Å². The van der Waals surface area contributed by atoms with Crippen molar-refractivity contribution in [3.8, 4) is 5.75 Å². The van der Waals surface area contributed by atoms with Crippen LogP contribution >= 0.6 is 11.6 Å². The maximum atomic E-state index is 13.1. The first-order valence-electron chi connectivity index (χ1n) is 10.2. The third-order valence-corrected chi connectivity index (χ3v) is 5.91. The van der Waals surface area contributed by atoms with Crippen LogP contribution in [0.2, 0.25) is 5.02 Å². The number of methoxy groups -OCH3 is 1. The number of benzene rings is 2. The first-order chi connectivity index (χ1) is 15.8. The summed E-state index contributed by atoms with van der Waals surface area (Å²) in [7, 11) is 5.30. The molecule has 1 saturated heterocycles. The van der Waals surface area contributed by atoms with Crippen LogP contribution < -0.4 is 9.64 Å². The lowest BCUT2D eigenvalue weighted by Gasteiger charge is -2.25. The smallest absolute Gasteiger partial charge is 0.296 e. The predicted molar refractivity (Wildman–Crippen MR) is 125 cm³/mol. The molecule has 0 saturated carbocycles. The van der Waals surface area contributed by atoms with Crippen molar-refractivity contribution in [2.75, 3.05) is 26.1 Å². The van der Waals surface area contributed by atoms with E-state index in [1.54, 1.807) is 24.3 Å². The van der Waals surface area contributed by atoms with E-state index in [9.17, 15) is 14.7 Å². The SMILES string of the molecule is COc1cc(/C(O)=C2/C(=O)C(=O)N(Cc3ccco3)C2c2ccc(N(C)C)cc2)ccc1Cl. The molecule has 7 nitrogen and oxygen atoms in total. The highest BCUT2D eigenvalue weighted by atomic mass is 35.5. The van der Waals surface area contributed by atoms with Crippen LogP contribution in [0.15, 0.2) is 70.9 Å². The van der Waals surface area contributed by atoms with Crippen LogP contribution in [0.1, 0.15) is 22.9 Å². The Morgan fingerprint density at radius 2 is 1.88 bits per heavy atom. The second-order valence-electron chi connectivity index (χ2n) is 7.84.